The predicted molar refractivity (Wildman–Crippen MR) is 83.9 cm³/mol. The molecular weight excluding hydrogens is 248 g/mol. The van der Waals surface area contributed by atoms with Crippen molar-refractivity contribution in [2.75, 3.05) is 18.0 Å². The average molecular weight is 274 g/mol. The molecule has 0 saturated carbocycles. The van der Waals surface area contributed by atoms with Crippen molar-refractivity contribution in [2.45, 2.75) is 46.0 Å². The molecule has 2 rings (SSSR count). The Morgan fingerprint density at radius 3 is 2.55 bits per heavy atom. The Morgan fingerprint density at radius 1 is 1.25 bits per heavy atom. The lowest BCUT2D eigenvalue weighted by molar-refractivity contribution is -0.122. The molecule has 1 aromatic rings. The number of carbonyl (C=O) groups is 1. The third-order valence-electron chi connectivity index (χ3n) is 4.44. The van der Waals surface area contributed by atoms with Gasteiger partial charge in [0.25, 0.3) is 0 Å². The van der Waals surface area contributed by atoms with E-state index in [0.717, 1.165) is 30.6 Å². The Labute approximate surface area is 122 Å². The molecule has 0 spiro atoms. The Kier molecular flexibility index (Phi) is 3.92. The second kappa shape index (κ2) is 5.21. The fourth-order valence-electron chi connectivity index (χ4n) is 2.84. The first-order valence-electron chi connectivity index (χ1n) is 7.41. The number of rotatable bonds is 5. The van der Waals surface area contributed by atoms with Crippen molar-refractivity contribution >= 4 is 11.6 Å². The Hall–Kier alpha value is -1.35. The highest BCUT2D eigenvalue weighted by Gasteiger charge is 2.43. The van der Waals surface area contributed by atoms with Crippen molar-refractivity contribution in [1.82, 2.24) is 0 Å². The maximum Gasteiger partial charge on any atom is 0.237 e. The van der Waals surface area contributed by atoms with Gasteiger partial charge < -0.3 is 10.6 Å². The van der Waals surface area contributed by atoms with Crippen molar-refractivity contribution in [3.8, 4) is 0 Å². The van der Waals surface area contributed by atoms with Gasteiger partial charge in [-0.05, 0) is 50.3 Å². The summed E-state index contributed by atoms with van der Waals surface area (Å²) >= 11 is 0. The Bertz CT molecular complexity index is 505. The summed E-state index contributed by atoms with van der Waals surface area (Å²) in [6.07, 6.45) is 2.02. The molecule has 1 heterocycles. The van der Waals surface area contributed by atoms with Gasteiger partial charge in [-0.15, -0.1) is 0 Å². The highest BCUT2D eigenvalue weighted by atomic mass is 16.2. The molecule has 3 heteroatoms. The van der Waals surface area contributed by atoms with Crippen LogP contribution in [0.2, 0.25) is 0 Å². The molecule has 0 unspecified atom stereocenters. The smallest absolute Gasteiger partial charge is 0.237 e. The minimum atomic E-state index is -0.403. The van der Waals surface area contributed by atoms with Crippen LogP contribution in [-0.2, 0) is 10.2 Å². The van der Waals surface area contributed by atoms with Crippen LogP contribution >= 0.6 is 0 Å². The third-order valence-corrected chi connectivity index (χ3v) is 4.44. The van der Waals surface area contributed by atoms with Gasteiger partial charge in [0.1, 0.15) is 0 Å². The predicted octanol–water partition coefficient (Wildman–Crippen LogP) is 3.08. The maximum atomic E-state index is 12.6. The summed E-state index contributed by atoms with van der Waals surface area (Å²) < 4.78 is 0. The number of fused-ring (bicyclic) bond motifs is 1. The van der Waals surface area contributed by atoms with E-state index in [0.29, 0.717) is 6.54 Å². The van der Waals surface area contributed by atoms with Gasteiger partial charge in [0.15, 0.2) is 0 Å². The van der Waals surface area contributed by atoms with Crippen LogP contribution < -0.4 is 10.6 Å². The fourth-order valence-corrected chi connectivity index (χ4v) is 2.84. The lowest BCUT2D eigenvalue weighted by atomic mass is 9.86. The standard InChI is InChI=1S/C17H26N2O/c1-16(2,12-18)10-7-11-19-14-9-6-5-8-13(14)17(3,4)15(19)20/h5-6,8-9H,7,10-12,18H2,1-4H3. The Morgan fingerprint density at radius 2 is 1.90 bits per heavy atom. The molecule has 2 N–H and O–H groups in total. The van der Waals surface area contributed by atoms with Crippen LogP contribution in [0.15, 0.2) is 24.3 Å². The van der Waals surface area contributed by atoms with Crippen LogP contribution in [0.1, 0.15) is 46.1 Å². The summed E-state index contributed by atoms with van der Waals surface area (Å²) in [6.45, 7) is 9.84. The topological polar surface area (TPSA) is 46.3 Å². The highest BCUT2D eigenvalue weighted by molar-refractivity contribution is 6.07. The zero-order valence-electron chi connectivity index (χ0n) is 13.1. The van der Waals surface area contributed by atoms with E-state index in [9.17, 15) is 4.79 Å². The van der Waals surface area contributed by atoms with E-state index in [4.69, 9.17) is 5.73 Å². The van der Waals surface area contributed by atoms with Crippen LogP contribution in [0.4, 0.5) is 5.69 Å². The van der Waals surface area contributed by atoms with E-state index in [1.807, 2.05) is 30.9 Å². The van der Waals surface area contributed by atoms with Gasteiger partial charge in [0.05, 0.1) is 5.41 Å². The molecular formula is C17H26N2O. The summed E-state index contributed by atoms with van der Waals surface area (Å²) in [5, 5.41) is 0. The number of nitrogens with two attached hydrogens (primary N) is 1. The van der Waals surface area contributed by atoms with Crippen molar-refractivity contribution in [3.63, 3.8) is 0 Å². The van der Waals surface area contributed by atoms with E-state index in [2.05, 4.69) is 26.0 Å². The SMILES string of the molecule is CC(C)(CN)CCCN1C(=O)C(C)(C)c2ccccc21. The molecule has 1 amide bonds. The number of anilines is 1. The van der Waals surface area contributed by atoms with E-state index < -0.39 is 5.41 Å². The second-order valence-electron chi connectivity index (χ2n) is 7.07. The molecule has 1 aliphatic heterocycles. The normalized spacial score (nSPS) is 17.4. The number of hydrogen-bond acceptors (Lipinski definition) is 2. The highest BCUT2D eigenvalue weighted by Crippen LogP contribution is 2.41. The van der Waals surface area contributed by atoms with Crippen LogP contribution in [0, 0.1) is 5.41 Å². The van der Waals surface area contributed by atoms with Gasteiger partial charge in [-0.3, -0.25) is 4.79 Å². The van der Waals surface area contributed by atoms with Crippen molar-refractivity contribution in [1.29, 1.82) is 0 Å². The zero-order valence-corrected chi connectivity index (χ0v) is 13.1. The number of amides is 1. The molecule has 110 valence electrons. The largest absolute Gasteiger partial charge is 0.330 e. The quantitative estimate of drug-likeness (QED) is 0.897. The fraction of sp³-hybridized carbons (Fsp3) is 0.588. The van der Waals surface area contributed by atoms with E-state index >= 15 is 0 Å². The number of para-hydroxylation sites is 1. The lowest BCUT2D eigenvalue weighted by Gasteiger charge is -2.25. The molecule has 0 aliphatic carbocycles. The summed E-state index contributed by atoms with van der Waals surface area (Å²) in [4.78, 5) is 14.6. The van der Waals surface area contributed by atoms with Gasteiger partial charge in [-0.1, -0.05) is 32.0 Å². The summed E-state index contributed by atoms with van der Waals surface area (Å²) in [5.41, 5.74) is 7.73. The number of carbonyl (C=O) groups excluding carboxylic acids is 1. The van der Waals surface area contributed by atoms with Crippen LogP contribution in [-0.4, -0.2) is 19.0 Å². The molecule has 0 radical (unpaired) electrons. The van der Waals surface area contributed by atoms with Gasteiger partial charge in [0, 0.05) is 12.2 Å². The molecule has 3 nitrogen and oxygen atoms in total. The monoisotopic (exact) mass is 274 g/mol. The molecule has 20 heavy (non-hydrogen) atoms. The maximum absolute atomic E-state index is 12.6. The number of nitrogens with zero attached hydrogens (tertiary/aromatic N) is 1. The summed E-state index contributed by atoms with van der Waals surface area (Å²) in [7, 11) is 0. The number of benzene rings is 1. The van der Waals surface area contributed by atoms with Gasteiger partial charge >= 0.3 is 0 Å². The summed E-state index contributed by atoms with van der Waals surface area (Å²) in [6, 6.07) is 8.13. The van der Waals surface area contributed by atoms with Crippen molar-refractivity contribution < 1.29 is 4.79 Å². The van der Waals surface area contributed by atoms with E-state index in [1.165, 1.54) is 0 Å². The van der Waals surface area contributed by atoms with E-state index in [1.54, 1.807) is 0 Å². The lowest BCUT2D eigenvalue weighted by Crippen LogP contribution is -2.37. The van der Waals surface area contributed by atoms with Crippen molar-refractivity contribution in [2.24, 2.45) is 11.1 Å². The van der Waals surface area contributed by atoms with Crippen LogP contribution in [0.25, 0.3) is 0 Å². The molecule has 1 aliphatic rings. The zero-order chi connectivity index (χ0) is 15.0. The first kappa shape index (κ1) is 15.0. The minimum absolute atomic E-state index is 0.151. The second-order valence-corrected chi connectivity index (χ2v) is 7.07. The summed E-state index contributed by atoms with van der Waals surface area (Å²) in [5.74, 6) is 0.212. The molecule has 0 saturated heterocycles. The Balaban J connectivity index is 2.12. The van der Waals surface area contributed by atoms with Gasteiger partial charge in [-0.2, -0.15) is 0 Å². The molecule has 0 bridgehead atoms. The van der Waals surface area contributed by atoms with Crippen molar-refractivity contribution in [3.05, 3.63) is 29.8 Å². The van der Waals surface area contributed by atoms with E-state index in [-0.39, 0.29) is 11.3 Å². The average Bonchev–Trinajstić information content (AvgIpc) is 2.60. The van der Waals surface area contributed by atoms with Crippen LogP contribution in [0.3, 0.4) is 0 Å². The minimum Gasteiger partial charge on any atom is -0.330 e. The molecule has 0 aromatic heterocycles. The molecule has 1 aromatic carbocycles. The van der Waals surface area contributed by atoms with Crippen LogP contribution in [0.5, 0.6) is 0 Å². The third kappa shape index (κ3) is 2.59. The first-order valence-corrected chi connectivity index (χ1v) is 7.41. The molecule has 0 fully saturated rings. The molecule has 0 atom stereocenters. The van der Waals surface area contributed by atoms with Gasteiger partial charge in [0.2, 0.25) is 5.91 Å². The first-order chi connectivity index (χ1) is 9.29. The number of hydrogen-bond donors (Lipinski definition) is 1. The van der Waals surface area contributed by atoms with Gasteiger partial charge in [-0.25, -0.2) is 0 Å².